The van der Waals surface area contributed by atoms with Crippen LogP contribution in [0.3, 0.4) is 0 Å². The van der Waals surface area contributed by atoms with Gasteiger partial charge in [-0.2, -0.15) is 0 Å². The van der Waals surface area contributed by atoms with Gasteiger partial charge in [0.1, 0.15) is 6.04 Å². The summed E-state index contributed by atoms with van der Waals surface area (Å²) in [5.74, 6) is -1.49. The number of carboxylic acids is 1. The SMILES string of the molecule is O=C(O)CCNC(=O)CCCCCNC(=O)C1CCS(=O)(=O)N1. The maximum atomic E-state index is 11.7. The molecule has 0 aromatic rings. The summed E-state index contributed by atoms with van der Waals surface area (Å²) >= 11 is 0. The first kappa shape index (κ1) is 19.4. The summed E-state index contributed by atoms with van der Waals surface area (Å²) in [5.41, 5.74) is 0. The van der Waals surface area contributed by atoms with Crippen LogP contribution in [-0.2, 0) is 24.4 Å². The van der Waals surface area contributed by atoms with Crippen molar-refractivity contribution in [2.45, 2.75) is 44.6 Å². The van der Waals surface area contributed by atoms with Crippen molar-refractivity contribution in [1.29, 1.82) is 0 Å². The number of carboxylic acid groups (broad SMARTS) is 1. The first-order chi connectivity index (χ1) is 10.8. The molecular formula is C13H23N3O6S. The van der Waals surface area contributed by atoms with Gasteiger partial charge in [0.15, 0.2) is 0 Å². The van der Waals surface area contributed by atoms with E-state index in [9.17, 15) is 22.8 Å². The molecule has 1 saturated heterocycles. The number of carbonyl (C=O) groups is 3. The summed E-state index contributed by atoms with van der Waals surface area (Å²) in [7, 11) is -3.29. The Morgan fingerprint density at radius 3 is 2.39 bits per heavy atom. The summed E-state index contributed by atoms with van der Waals surface area (Å²) in [6.45, 7) is 0.555. The van der Waals surface area contributed by atoms with Gasteiger partial charge in [-0.3, -0.25) is 14.4 Å². The van der Waals surface area contributed by atoms with Crippen molar-refractivity contribution in [3.8, 4) is 0 Å². The van der Waals surface area contributed by atoms with Crippen molar-refractivity contribution in [2.24, 2.45) is 0 Å². The molecule has 0 radical (unpaired) electrons. The number of hydrogen-bond donors (Lipinski definition) is 4. The average Bonchev–Trinajstić information content (AvgIpc) is 2.82. The third kappa shape index (κ3) is 8.50. The zero-order chi connectivity index (χ0) is 17.3. The van der Waals surface area contributed by atoms with Gasteiger partial charge in [0, 0.05) is 19.5 Å². The highest BCUT2D eigenvalue weighted by Crippen LogP contribution is 2.07. The van der Waals surface area contributed by atoms with Crippen LogP contribution in [0.1, 0.15) is 38.5 Å². The minimum absolute atomic E-state index is 0.0257. The molecule has 0 aromatic heterocycles. The lowest BCUT2D eigenvalue weighted by atomic mass is 10.1. The van der Waals surface area contributed by atoms with E-state index >= 15 is 0 Å². The third-order valence-electron chi connectivity index (χ3n) is 3.35. The molecule has 23 heavy (non-hydrogen) atoms. The van der Waals surface area contributed by atoms with Gasteiger partial charge in [0.05, 0.1) is 12.2 Å². The number of carbonyl (C=O) groups excluding carboxylic acids is 2. The average molecular weight is 349 g/mol. The van der Waals surface area contributed by atoms with Crippen LogP contribution in [-0.4, -0.2) is 56.2 Å². The molecule has 4 N–H and O–H groups in total. The molecule has 10 heteroatoms. The summed E-state index contributed by atoms with van der Waals surface area (Å²) in [6, 6.07) is -0.681. The summed E-state index contributed by atoms with van der Waals surface area (Å²) in [4.78, 5) is 33.3. The maximum absolute atomic E-state index is 11.7. The molecule has 0 saturated carbocycles. The van der Waals surface area contributed by atoms with Crippen molar-refractivity contribution in [2.75, 3.05) is 18.8 Å². The Hall–Kier alpha value is -1.68. The van der Waals surface area contributed by atoms with Gasteiger partial charge in [-0.15, -0.1) is 0 Å². The number of hydrogen-bond acceptors (Lipinski definition) is 5. The predicted molar refractivity (Wildman–Crippen MR) is 82.1 cm³/mol. The van der Waals surface area contributed by atoms with E-state index in [-0.39, 0.29) is 37.0 Å². The Bertz CT molecular complexity index is 534. The Kier molecular flexibility index (Phi) is 7.96. The molecule has 2 amide bonds. The monoisotopic (exact) mass is 349 g/mol. The third-order valence-corrected chi connectivity index (χ3v) is 4.77. The van der Waals surface area contributed by atoms with Gasteiger partial charge in [0.2, 0.25) is 21.8 Å². The van der Waals surface area contributed by atoms with E-state index in [2.05, 4.69) is 15.4 Å². The van der Waals surface area contributed by atoms with E-state index in [4.69, 9.17) is 5.11 Å². The normalized spacial score (nSPS) is 19.2. The summed E-state index contributed by atoms with van der Waals surface area (Å²) < 4.78 is 24.6. The molecule has 1 heterocycles. The van der Waals surface area contributed by atoms with Gasteiger partial charge in [-0.05, 0) is 19.3 Å². The van der Waals surface area contributed by atoms with E-state index < -0.39 is 22.0 Å². The zero-order valence-electron chi connectivity index (χ0n) is 12.8. The predicted octanol–water partition coefficient (Wildman–Crippen LogP) is -1.05. The number of sulfonamides is 1. The Labute approximate surface area is 135 Å². The van der Waals surface area contributed by atoms with Crippen molar-refractivity contribution < 1.29 is 27.9 Å². The number of rotatable bonds is 10. The molecule has 1 rings (SSSR count). The molecular weight excluding hydrogens is 326 g/mol. The van der Waals surface area contributed by atoms with E-state index in [0.717, 1.165) is 6.42 Å². The molecule has 0 aliphatic carbocycles. The second kappa shape index (κ2) is 9.46. The van der Waals surface area contributed by atoms with E-state index in [1.165, 1.54) is 0 Å². The number of amides is 2. The summed E-state index contributed by atoms with van der Waals surface area (Å²) in [5, 5.41) is 13.6. The molecule has 1 fully saturated rings. The topological polar surface area (TPSA) is 142 Å². The molecule has 1 atom stereocenters. The van der Waals surface area contributed by atoms with Crippen molar-refractivity contribution in [3.05, 3.63) is 0 Å². The van der Waals surface area contributed by atoms with Crippen LogP contribution in [0.2, 0.25) is 0 Å². The standard InChI is InChI=1S/C13H23N3O6S/c17-11(14-8-5-12(18)19)4-2-1-3-7-15-13(20)10-6-9-23(21,22)16-10/h10,16H,1-9H2,(H,14,17)(H,15,20)(H,18,19). The quantitative estimate of drug-likeness (QED) is 0.371. The van der Waals surface area contributed by atoms with Crippen LogP contribution in [0.25, 0.3) is 0 Å². The lowest BCUT2D eigenvalue weighted by Crippen LogP contribution is -2.41. The molecule has 1 aliphatic rings. The van der Waals surface area contributed by atoms with E-state index in [0.29, 0.717) is 25.8 Å². The fourth-order valence-corrected chi connectivity index (χ4v) is 3.43. The van der Waals surface area contributed by atoms with Crippen LogP contribution >= 0.6 is 0 Å². The lowest BCUT2D eigenvalue weighted by molar-refractivity contribution is -0.137. The van der Waals surface area contributed by atoms with Gasteiger partial charge in [-0.25, -0.2) is 13.1 Å². The van der Waals surface area contributed by atoms with Gasteiger partial charge >= 0.3 is 5.97 Å². The zero-order valence-corrected chi connectivity index (χ0v) is 13.7. The smallest absolute Gasteiger partial charge is 0.305 e. The number of unbranched alkanes of at least 4 members (excludes halogenated alkanes) is 2. The molecule has 1 aliphatic heterocycles. The lowest BCUT2D eigenvalue weighted by Gasteiger charge is -2.10. The second-order valence-corrected chi connectivity index (χ2v) is 7.25. The molecule has 9 nitrogen and oxygen atoms in total. The molecule has 1 unspecified atom stereocenters. The highest BCUT2D eigenvalue weighted by atomic mass is 32.2. The fourth-order valence-electron chi connectivity index (χ4n) is 2.11. The first-order valence-electron chi connectivity index (χ1n) is 7.56. The van der Waals surface area contributed by atoms with Crippen LogP contribution in [0.4, 0.5) is 0 Å². The largest absolute Gasteiger partial charge is 0.481 e. The van der Waals surface area contributed by atoms with Gasteiger partial charge in [0.25, 0.3) is 0 Å². The molecule has 0 spiro atoms. The maximum Gasteiger partial charge on any atom is 0.305 e. The minimum Gasteiger partial charge on any atom is -0.481 e. The Morgan fingerprint density at radius 2 is 1.78 bits per heavy atom. The van der Waals surface area contributed by atoms with Crippen molar-refractivity contribution >= 4 is 27.8 Å². The first-order valence-corrected chi connectivity index (χ1v) is 9.21. The molecule has 0 aromatic carbocycles. The fraction of sp³-hybridized carbons (Fsp3) is 0.769. The second-order valence-electron chi connectivity index (χ2n) is 5.37. The van der Waals surface area contributed by atoms with Gasteiger partial charge < -0.3 is 15.7 Å². The molecule has 132 valence electrons. The van der Waals surface area contributed by atoms with Crippen molar-refractivity contribution in [1.82, 2.24) is 15.4 Å². The highest BCUT2D eigenvalue weighted by molar-refractivity contribution is 7.89. The number of aliphatic carboxylic acids is 1. The number of nitrogens with one attached hydrogen (secondary N) is 3. The van der Waals surface area contributed by atoms with Crippen LogP contribution < -0.4 is 15.4 Å². The Morgan fingerprint density at radius 1 is 1.04 bits per heavy atom. The highest BCUT2D eigenvalue weighted by Gasteiger charge is 2.31. The van der Waals surface area contributed by atoms with Crippen LogP contribution in [0.5, 0.6) is 0 Å². The van der Waals surface area contributed by atoms with E-state index in [1.54, 1.807) is 0 Å². The van der Waals surface area contributed by atoms with Gasteiger partial charge in [-0.1, -0.05) is 6.42 Å². The minimum atomic E-state index is -3.29. The van der Waals surface area contributed by atoms with Crippen molar-refractivity contribution in [3.63, 3.8) is 0 Å². The van der Waals surface area contributed by atoms with Crippen LogP contribution in [0, 0.1) is 0 Å². The van der Waals surface area contributed by atoms with E-state index in [1.807, 2.05) is 0 Å². The Balaban J connectivity index is 2.00. The van der Waals surface area contributed by atoms with Crippen LogP contribution in [0.15, 0.2) is 0 Å². The molecule has 0 bridgehead atoms. The summed E-state index contributed by atoms with van der Waals surface area (Å²) in [6.07, 6.45) is 2.57.